The van der Waals surface area contributed by atoms with Gasteiger partial charge < -0.3 is 10.6 Å². The van der Waals surface area contributed by atoms with Crippen LogP contribution < -0.4 is 10.6 Å². The largest absolute Gasteiger partial charge is 0.352 e. The molecule has 2 aliphatic rings. The van der Waals surface area contributed by atoms with Gasteiger partial charge in [-0.2, -0.15) is 0 Å². The number of nitrogens with one attached hydrogen (secondary N) is 2. The molecule has 2 aliphatic carbocycles. The fourth-order valence-electron chi connectivity index (χ4n) is 3.07. The summed E-state index contributed by atoms with van der Waals surface area (Å²) in [5.41, 5.74) is 1.57. The highest BCUT2D eigenvalue weighted by atomic mass is 16.2. The van der Waals surface area contributed by atoms with Gasteiger partial charge in [0.2, 0.25) is 5.91 Å². The number of hydrogen-bond acceptors (Lipinski definition) is 2. The topological polar surface area (TPSA) is 41.1 Å². The molecular formula is C16H28N2O. The molecular weight excluding hydrogens is 236 g/mol. The van der Waals surface area contributed by atoms with Gasteiger partial charge in [0.1, 0.15) is 0 Å². The van der Waals surface area contributed by atoms with Crippen molar-refractivity contribution in [2.24, 2.45) is 0 Å². The lowest BCUT2D eigenvalue weighted by molar-refractivity contribution is -0.123. The third-order valence-electron chi connectivity index (χ3n) is 4.38. The second-order valence-electron chi connectivity index (χ2n) is 6.02. The third-order valence-corrected chi connectivity index (χ3v) is 4.38. The van der Waals surface area contributed by atoms with E-state index in [1.807, 2.05) is 6.92 Å². The predicted molar refractivity (Wildman–Crippen MR) is 79.0 cm³/mol. The van der Waals surface area contributed by atoms with Crippen LogP contribution in [0.2, 0.25) is 0 Å². The Morgan fingerprint density at radius 2 is 2.11 bits per heavy atom. The maximum absolute atomic E-state index is 12.0. The van der Waals surface area contributed by atoms with Crippen LogP contribution in [0.3, 0.4) is 0 Å². The van der Waals surface area contributed by atoms with Crippen molar-refractivity contribution in [3.05, 3.63) is 11.6 Å². The van der Waals surface area contributed by atoms with Crippen LogP contribution in [0.15, 0.2) is 11.6 Å². The van der Waals surface area contributed by atoms with E-state index >= 15 is 0 Å². The number of hydrogen-bond donors (Lipinski definition) is 2. The number of amides is 1. The van der Waals surface area contributed by atoms with Gasteiger partial charge in [-0.25, -0.2) is 0 Å². The molecule has 2 rings (SSSR count). The Kier molecular flexibility index (Phi) is 5.90. The quantitative estimate of drug-likeness (QED) is 0.724. The van der Waals surface area contributed by atoms with Crippen molar-refractivity contribution < 1.29 is 4.79 Å². The zero-order chi connectivity index (χ0) is 13.5. The van der Waals surface area contributed by atoms with Gasteiger partial charge in [0, 0.05) is 6.04 Å². The van der Waals surface area contributed by atoms with Gasteiger partial charge in [-0.1, -0.05) is 24.5 Å². The highest BCUT2D eigenvalue weighted by Gasteiger charge is 2.20. The molecule has 0 aliphatic heterocycles. The third kappa shape index (κ3) is 4.98. The van der Waals surface area contributed by atoms with Gasteiger partial charge in [0.05, 0.1) is 6.04 Å². The van der Waals surface area contributed by atoms with Crippen LogP contribution >= 0.6 is 0 Å². The van der Waals surface area contributed by atoms with E-state index in [9.17, 15) is 4.79 Å². The highest BCUT2D eigenvalue weighted by Crippen LogP contribution is 2.19. The summed E-state index contributed by atoms with van der Waals surface area (Å²) in [5, 5.41) is 6.50. The molecule has 0 aromatic carbocycles. The molecule has 2 N–H and O–H groups in total. The minimum Gasteiger partial charge on any atom is -0.352 e. The van der Waals surface area contributed by atoms with Crippen LogP contribution in [0, 0.1) is 0 Å². The van der Waals surface area contributed by atoms with E-state index in [1.54, 1.807) is 5.57 Å². The Hall–Kier alpha value is -0.830. The Morgan fingerprint density at radius 3 is 2.79 bits per heavy atom. The van der Waals surface area contributed by atoms with Crippen molar-refractivity contribution in [3.63, 3.8) is 0 Å². The average molecular weight is 264 g/mol. The van der Waals surface area contributed by atoms with Crippen LogP contribution in [0.1, 0.15) is 64.7 Å². The first kappa shape index (κ1) is 14.6. The molecule has 0 spiro atoms. The Labute approximate surface area is 117 Å². The lowest BCUT2D eigenvalue weighted by Gasteiger charge is -2.18. The van der Waals surface area contributed by atoms with Crippen molar-refractivity contribution in [2.45, 2.75) is 76.8 Å². The van der Waals surface area contributed by atoms with E-state index in [0.717, 1.165) is 25.8 Å². The molecule has 19 heavy (non-hydrogen) atoms. The van der Waals surface area contributed by atoms with E-state index in [1.165, 1.54) is 38.5 Å². The lowest BCUT2D eigenvalue weighted by Crippen LogP contribution is -2.45. The van der Waals surface area contributed by atoms with Crippen LogP contribution in [0.4, 0.5) is 0 Å². The Bertz CT molecular complexity index is 319. The normalized spacial score (nSPS) is 22.1. The summed E-state index contributed by atoms with van der Waals surface area (Å²) >= 11 is 0. The van der Waals surface area contributed by atoms with Crippen LogP contribution in [-0.2, 0) is 4.79 Å². The first-order chi connectivity index (χ1) is 9.25. The van der Waals surface area contributed by atoms with Crippen LogP contribution in [0.5, 0.6) is 0 Å². The molecule has 108 valence electrons. The molecule has 1 amide bonds. The minimum absolute atomic E-state index is 0.0650. The molecule has 0 aromatic rings. The second-order valence-corrected chi connectivity index (χ2v) is 6.02. The zero-order valence-electron chi connectivity index (χ0n) is 12.2. The zero-order valence-corrected chi connectivity index (χ0v) is 12.2. The highest BCUT2D eigenvalue weighted by molar-refractivity contribution is 5.81. The molecule has 3 heteroatoms. The van der Waals surface area contributed by atoms with Gasteiger partial charge in [0.25, 0.3) is 0 Å². The molecule has 1 fully saturated rings. The smallest absolute Gasteiger partial charge is 0.237 e. The van der Waals surface area contributed by atoms with Crippen molar-refractivity contribution >= 4 is 5.91 Å². The molecule has 0 aromatic heterocycles. The monoisotopic (exact) mass is 264 g/mol. The standard InChI is InChI=1S/C16H28N2O/c1-13(16(19)18-15-9-5-6-10-15)17-12-11-14-7-3-2-4-8-14/h7,13,15,17H,2-6,8-12H2,1H3,(H,18,19)/t13-/m1/s1. The van der Waals surface area contributed by atoms with Crippen molar-refractivity contribution in [1.82, 2.24) is 10.6 Å². The van der Waals surface area contributed by atoms with E-state index in [4.69, 9.17) is 0 Å². The van der Waals surface area contributed by atoms with Crippen LogP contribution in [-0.4, -0.2) is 24.5 Å². The molecule has 3 nitrogen and oxygen atoms in total. The molecule has 0 heterocycles. The summed E-state index contributed by atoms with van der Waals surface area (Å²) in [5.74, 6) is 0.171. The van der Waals surface area contributed by atoms with Gasteiger partial charge >= 0.3 is 0 Å². The molecule has 1 saturated carbocycles. The number of allylic oxidation sites excluding steroid dienone is 1. The van der Waals surface area contributed by atoms with Crippen molar-refractivity contribution in [3.8, 4) is 0 Å². The summed E-state index contributed by atoms with van der Waals surface area (Å²) in [4.78, 5) is 12.0. The second kappa shape index (κ2) is 7.68. The first-order valence-electron chi connectivity index (χ1n) is 7.97. The maximum Gasteiger partial charge on any atom is 0.237 e. The van der Waals surface area contributed by atoms with Crippen molar-refractivity contribution in [2.75, 3.05) is 6.54 Å². The predicted octanol–water partition coefficient (Wildman–Crippen LogP) is 2.91. The average Bonchev–Trinajstić information content (AvgIpc) is 2.92. The van der Waals surface area contributed by atoms with Gasteiger partial charge in [-0.15, -0.1) is 0 Å². The number of rotatable bonds is 6. The SMILES string of the molecule is C[C@@H](NCCC1=CCCCC1)C(=O)NC1CCCC1. The van der Waals surface area contributed by atoms with Crippen LogP contribution in [0.25, 0.3) is 0 Å². The summed E-state index contributed by atoms with van der Waals surface area (Å²) in [7, 11) is 0. The Morgan fingerprint density at radius 1 is 1.32 bits per heavy atom. The molecule has 0 bridgehead atoms. The molecule has 1 atom stereocenters. The fourth-order valence-corrected chi connectivity index (χ4v) is 3.07. The first-order valence-corrected chi connectivity index (χ1v) is 7.97. The number of carbonyl (C=O) groups is 1. The summed E-state index contributed by atoms with van der Waals surface area (Å²) < 4.78 is 0. The molecule has 0 radical (unpaired) electrons. The molecule has 0 unspecified atom stereocenters. The van der Waals surface area contributed by atoms with Gasteiger partial charge in [-0.3, -0.25) is 4.79 Å². The van der Waals surface area contributed by atoms with E-state index < -0.39 is 0 Å². The lowest BCUT2D eigenvalue weighted by atomic mass is 9.97. The van der Waals surface area contributed by atoms with Gasteiger partial charge in [0.15, 0.2) is 0 Å². The minimum atomic E-state index is -0.0650. The van der Waals surface area contributed by atoms with E-state index in [-0.39, 0.29) is 11.9 Å². The molecule has 0 saturated heterocycles. The van der Waals surface area contributed by atoms with Crippen molar-refractivity contribution in [1.29, 1.82) is 0 Å². The summed E-state index contributed by atoms with van der Waals surface area (Å²) in [6.45, 7) is 2.89. The number of carbonyl (C=O) groups excluding carboxylic acids is 1. The van der Waals surface area contributed by atoms with E-state index in [2.05, 4.69) is 16.7 Å². The maximum atomic E-state index is 12.0. The van der Waals surface area contributed by atoms with E-state index in [0.29, 0.717) is 6.04 Å². The van der Waals surface area contributed by atoms with Gasteiger partial charge in [-0.05, 0) is 58.4 Å². The Balaban J connectivity index is 1.61. The summed E-state index contributed by atoms with van der Waals surface area (Å²) in [6, 6.07) is 0.364. The summed E-state index contributed by atoms with van der Waals surface area (Å²) in [6.07, 6.45) is 13.5. The fraction of sp³-hybridized carbons (Fsp3) is 0.812.